The molecule has 0 aromatic heterocycles. The Labute approximate surface area is 129 Å². The topological polar surface area (TPSA) is 26.3 Å². The van der Waals surface area contributed by atoms with E-state index in [1.54, 1.807) is 30.3 Å². The van der Waals surface area contributed by atoms with E-state index in [-0.39, 0.29) is 18.0 Å². The van der Waals surface area contributed by atoms with Crippen molar-refractivity contribution in [3.8, 4) is 5.75 Å². The number of carbonyl (C=O) groups is 1. The molecule has 0 unspecified atom stereocenters. The Bertz CT molecular complexity index is 658. The van der Waals surface area contributed by atoms with Crippen molar-refractivity contribution in [2.45, 2.75) is 6.42 Å². The van der Waals surface area contributed by atoms with Gasteiger partial charge in [0.05, 0.1) is 7.11 Å². The number of benzene rings is 2. The molecule has 0 aliphatic rings. The molecular formula is C15H11BrClFO2. The summed E-state index contributed by atoms with van der Waals surface area (Å²) in [6.45, 7) is 0. The van der Waals surface area contributed by atoms with E-state index in [2.05, 4.69) is 15.9 Å². The van der Waals surface area contributed by atoms with Gasteiger partial charge in [0.25, 0.3) is 0 Å². The third-order valence-corrected chi connectivity index (χ3v) is 3.74. The predicted molar refractivity (Wildman–Crippen MR) is 80.1 cm³/mol. The summed E-state index contributed by atoms with van der Waals surface area (Å²) in [5.74, 6) is -0.570. The molecule has 2 aromatic rings. The lowest BCUT2D eigenvalue weighted by Gasteiger charge is -2.08. The van der Waals surface area contributed by atoms with E-state index >= 15 is 0 Å². The molecule has 104 valence electrons. The van der Waals surface area contributed by atoms with Crippen LogP contribution in [0.2, 0.25) is 5.02 Å². The molecule has 0 fully saturated rings. The molecule has 0 amide bonds. The lowest BCUT2D eigenvalue weighted by atomic mass is 10.0. The SMILES string of the molecule is COc1cccc(CC(=O)c2ccc(Cl)cc2Br)c1F. The first kappa shape index (κ1) is 15.0. The predicted octanol–water partition coefficient (Wildman–Crippen LogP) is 4.68. The highest BCUT2D eigenvalue weighted by molar-refractivity contribution is 9.10. The van der Waals surface area contributed by atoms with Crippen LogP contribution in [0.3, 0.4) is 0 Å². The third kappa shape index (κ3) is 3.19. The van der Waals surface area contributed by atoms with Crippen molar-refractivity contribution in [1.29, 1.82) is 0 Å². The second kappa shape index (κ2) is 6.37. The number of Topliss-reactive ketones (excluding diaryl/α,β-unsaturated/α-hetero) is 1. The van der Waals surface area contributed by atoms with Gasteiger partial charge >= 0.3 is 0 Å². The molecule has 2 rings (SSSR count). The van der Waals surface area contributed by atoms with Crippen LogP contribution in [0.5, 0.6) is 5.75 Å². The number of rotatable bonds is 4. The van der Waals surface area contributed by atoms with Crippen LogP contribution in [0.1, 0.15) is 15.9 Å². The van der Waals surface area contributed by atoms with Gasteiger partial charge in [0.1, 0.15) is 0 Å². The first-order chi connectivity index (χ1) is 9.52. The number of hydrogen-bond donors (Lipinski definition) is 0. The van der Waals surface area contributed by atoms with Crippen molar-refractivity contribution in [1.82, 2.24) is 0 Å². The maximum atomic E-state index is 14.0. The van der Waals surface area contributed by atoms with E-state index in [0.29, 0.717) is 20.6 Å². The van der Waals surface area contributed by atoms with Gasteiger partial charge in [-0.2, -0.15) is 0 Å². The van der Waals surface area contributed by atoms with E-state index in [0.717, 1.165) is 0 Å². The van der Waals surface area contributed by atoms with Gasteiger partial charge in [0.15, 0.2) is 17.3 Å². The van der Waals surface area contributed by atoms with Crippen molar-refractivity contribution in [2.75, 3.05) is 7.11 Å². The van der Waals surface area contributed by atoms with E-state index in [4.69, 9.17) is 16.3 Å². The summed E-state index contributed by atoms with van der Waals surface area (Å²) in [5, 5.41) is 0.529. The highest BCUT2D eigenvalue weighted by Gasteiger charge is 2.15. The second-order valence-corrected chi connectivity index (χ2v) is 5.45. The van der Waals surface area contributed by atoms with Gasteiger partial charge < -0.3 is 4.74 Å². The standard InChI is InChI=1S/C15H11BrClFO2/c1-20-14-4-2-3-9(15(14)18)7-13(19)11-6-5-10(17)8-12(11)16/h2-6,8H,7H2,1H3. The highest BCUT2D eigenvalue weighted by Crippen LogP contribution is 2.25. The van der Waals surface area contributed by atoms with Crippen LogP contribution in [-0.2, 0) is 6.42 Å². The van der Waals surface area contributed by atoms with Gasteiger partial charge in [0.2, 0.25) is 0 Å². The molecule has 0 saturated heterocycles. The number of halogens is 3. The summed E-state index contributed by atoms with van der Waals surface area (Å²) in [4.78, 5) is 12.2. The van der Waals surface area contributed by atoms with Crippen LogP contribution in [-0.4, -0.2) is 12.9 Å². The Morgan fingerprint density at radius 2 is 2.10 bits per heavy atom. The fraction of sp³-hybridized carbons (Fsp3) is 0.133. The van der Waals surface area contributed by atoms with E-state index in [9.17, 15) is 9.18 Å². The van der Waals surface area contributed by atoms with Gasteiger partial charge in [0, 0.05) is 21.5 Å². The molecule has 0 radical (unpaired) electrons. The number of ether oxygens (including phenoxy) is 1. The number of hydrogen-bond acceptors (Lipinski definition) is 2. The Morgan fingerprint density at radius 1 is 1.35 bits per heavy atom. The summed E-state index contributed by atoms with van der Waals surface area (Å²) in [6.07, 6.45) is -0.0384. The van der Waals surface area contributed by atoms with Crippen molar-refractivity contribution >= 4 is 33.3 Å². The van der Waals surface area contributed by atoms with Crippen LogP contribution in [0, 0.1) is 5.82 Å². The molecule has 0 N–H and O–H groups in total. The molecule has 5 heteroatoms. The maximum absolute atomic E-state index is 14.0. The second-order valence-electron chi connectivity index (χ2n) is 4.16. The van der Waals surface area contributed by atoms with Gasteiger partial charge in [-0.1, -0.05) is 23.7 Å². The van der Waals surface area contributed by atoms with Gasteiger partial charge in [-0.3, -0.25) is 4.79 Å². The van der Waals surface area contributed by atoms with Crippen LogP contribution in [0.25, 0.3) is 0 Å². The minimum absolute atomic E-state index is 0.0384. The Kier molecular flexibility index (Phi) is 4.78. The zero-order valence-electron chi connectivity index (χ0n) is 10.6. The minimum Gasteiger partial charge on any atom is -0.494 e. The van der Waals surface area contributed by atoms with Crippen LogP contribution < -0.4 is 4.74 Å². The number of carbonyl (C=O) groups excluding carboxylic acids is 1. The Morgan fingerprint density at radius 3 is 2.75 bits per heavy atom. The maximum Gasteiger partial charge on any atom is 0.168 e. The molecule has 2 nitrogen and oxygen atoms in total. The smallest absolute Gasteiger partial charge is 0.168 e. The van der Waals surface area contributed by atoms with E-state index in [1.807, 2.05) is 0 Å². The van der Waals surface area contributed by atoms with E-state index < -0.39 is 5.82 Å². The van der Waals surface area contributed by atoms with Crippen LogP contribution in [0.4, 0.5) is 4.39 Å². The molecular weight excluding hydrogens is 347 g/mol. The Hall–Kier alpha value is -1.39. The molecule has 0 bridgehead atoms. The summed E-state index contributed by atoms with van der Waals surface area (Å²) in [5.41, 5.74) is 0.771. The van der Waals surface area contributed by atoms with Crippen LogP contribution in [0.15, 0.2) is 40.9 Å². The fourth-order valence-electron chi connectivity index (χ4n) is 1.83. The summed E-state index contributed by atoms with van der Waals surface area (Å²) < 4.78 is 19.5. The molecule has 20 heavy (non-hydrogen) atoms. The molecule has 0 aliphatic heterocycles. The van der Waals surface area contributed by atoms with Gasteiger partial charge in [-0.25, -0.2) is 4.39 Å². The third-order valence-electron chi connectivity index (χ3n) is 2.85. The van der Waals surface area contributed by atoms with Crippen molar-refractivity contribution in [2.24, 2.45) is 0 Å². The molecule has 0 atom stereocenters. The minimum atomic E-state index is -0.506. The van der Waals surface area contributed by atoms with Gasteiger partial charge in [-0.15, -0.1) is 0 Å². The van der Waals surface area contributed by atoms with Crippen molar-refractivity contribution in [3.05, 3.63) is 62.8 Å². The zero-order chi connectivity index (χ0) is 14.7. The molecule has 0 spiro atoms. The van der Waals surface area contributed by atoms with Crippen molar-refractivity contribution in [3.63, 3.8) is 0 Å². The number of ketones is 1. The fourth-order valence-corrected chi connectivity index (χ4v) is 2.74. The first-order valence-corrected chi connectivity index (χ1v) is 6.99. The molecule has 2 aromatic carbocycles. The average Bonchev–Trinajstić information content (AvgIpc) is 2.41. The van der Waals surface area contributed by atoms with Crippen molar-refractivity contribution < 1.29 is 13.9 Å². The highest BCUT2D eigenvalue weighted by atomic mass is 79.9. The van der Waals surface area contributed by atoms with E-state index in [1.165, 1.54) is 13.2 Å². The lowest BCUT2D eigenvalue weighted by Crippen LogP contribution is -2.06. The molecule has 0 heterocycles. The summed E-state index contributed by atoms with van der Waals surface area (Å²) >= 11 is 9.11. The Balaban J connectivity index is 2.28. The lowest BCUT2D eigenvalue weighted by molar-refractivity contribution is 0.0991. The summed E-state index contributed by atoms with van der Waals surface area (Å²) in [7, 11) is 1.39. The monoisotopic (exact) mass is 356 g/mol. The molecule has 0 aliphatic carbocycles. The zero-order valence-corrected chi connectivity index (χ0v) is 13.0. The molecule has 0 saturated carbocycles. The first-order valence-electron chi connectivity index (χ1n) is 5.82. The van der Waals surface area contributed by atoms with Gasteiger partial charge in [-0.05, 0) is 45.8 Å². The summed E-state index contributed by atoms with van der Waals surface area (Å²) in [6, 6.07) is 9.62. The normalized spacial score (nSPS) is 10.4. The van der Waals surface area contributed by atoms with Crippen LogP contribution >= 0.6 is 27.5 Å². The average molecular weight is 358 g/mol. The number of methoxy groups -OCH3 is 1. The quantitative estimate of drug-likeness (QED) is 0.743. The largest absolute Gasteiger partial charge is 0.494 e.